The third-order valence-corrected chi connectivity index (χ3v) is 2.41. The summed E-state index contributed by atoms with van der Waals surface area (Å²) in [5, 5.41) is 0. The average Bonchev–Trinajstić information content (AvgIpc) is 2.19. The molecule has 0 fully saturated rings. The molecule has 0 unspecified atom stereocenters. The van der Waals surface area contributed by atoms with Gasteiger partial charge in [0.05, 0.1) is 12.7 Å². The topological polar surface area (TPSA) is 9.23 Å². The van der Waals surface area contributed by atoms with Crippen molar-refractivity contribution < 1.29 is 4.74 Å². The van der Waals surface area contributed by atoms with Crippen LogP contribution in [0.1, 0.15) is 25.0 Å². The van der Waals surface area contributed by atoms with Gasteiger partial charge in [-0.1, -0.05) is 42.0 Å². The van der Waals surface area contributed by atoms with Crippen molar-refractivity contribution in [3.63, 3.8) is 0 Å². The van der Waals surface area contributed by atoms with Gasteiger partial charge in [-0.15, -0.1) is 0 Å². The van der Waals surface area contributed by atoms with Crippen LogP contribution in [0.5, 0.6) is 0 Å². The first-order valence-electron chi connectivity index (χ1n) is 4.68. The van der Waals surface area contributed by atoms with Crippen molar-refractivity contribution in [3.05, 3.63) is 47.5 Å². The Morgan fingerprint density at radius 1 is 1.23 bits per heavy atom. The Kier molecular flexibility index (Phi) is 2.46. The largest absolute Gasteiger partial charge is 0.369 e. The summed E-state index contributed by atoms with van der Waals surface area (Å²) >= 11 is 0. The molecule has 0 bridgehead atoms. The highest BCUT2D eigenvalue weighted by atomic mass is 16.5. The van der Waals surface area contributed by atoms with E-state index in [1.807, 2.05) is 6.07 Å². The van der Waals surface area contributed by atoms with E-state index in [9.17, 15) is 0 Å². The third-order valence-electron chi connectivity index (χ3n) is 2.41. The van der Waals surface area contributed by atoms with E-state index in [0.29, 0.717) is 0 Å². The summed E-state index contributed by atoms with van der Waals surface area (Å²) in [5.74, 6) is 0. The van der Waals surface area contributed by atoms with Gasteiger partial charge in [-0.3, -0.25) is 0 Å². The van der Waals surface area contributed by atoms with Crippen molar-refractivity contribution in [1.29, 1.82) is 0 Å². The Bertz CT molecular complexity index is 300. The molecule has 68 valence electrons. The highest BCUT2D eigenvalue weighted by Gasteiger charge is 2.14. The Hall–Kier alpha value is -1.08. The lowest BCUT2D eigenvalue weighted by molar-refractivity contribution is 0.0641. The van der Waals surface area contributed by atoms with E-state index in [4.69, 9.17) is 4.74 Å². The van der Waals surface area contributed by atoms with Crippen LogP contribution in [-0.2, 0) is 4.74 Å². The molecule has 1 aromatic carbocycles. The molecule has 1 atom stereocenters. The average molecular weight is 174 g/mol. The summed E-state index contributed by atoms with van der Waals surface area (Å²) in [6.45, 7) is 2.92. The molecule has 0 spiro atoms. The van der Waals surface area contributed by atoms with E-state index < -0.39 is 0 Å². The van der Waals surface area contributed by atoms with Crippen LogP contribution in [0.4, 0.5) is 0 Å². The van der Waals surface area contributed by atoms with Gasteiger partial charge in [0.15, 0.2) is 0 Å². The second-order valence-corrected chi connectivity index (χ2v) is 3.49. The molecular formula is C12H14O. The van der Waals surface area contributed by atoms with Crippen LogP contribution in [0.3, 0.4) is 0 Å². The molecule has 0 saturated carbocycles. The van der Waals surface area contributed by atoms with E-state index in [-0.39, 0.29) is 6.10 Å². The second kappa shape index (κ2) is 3.75. The number of benzene rings is 1. The summed E-state index contributed by atoms with van der Waals surface area (Å²) in [5.41, 5.74) is 2.72. The minimum Gasteiger partial charge on any atom is -0.369 e. The molecule has 0 aromatic heterocycles. The fourth-order valence-electron chi connectivity index (χ4n) is 1.62. The van der Waals surface area contributed by atoms with Crippen LogP contribution < -0.4 is 0 Å². The van der Waals surface area contributed by atoms with Crippen molar-refractivity contribution in [2.75, 3.05) is 6.61 Å². The van der Waals surface area contributed by atoms with Crippen LogP contribution >= 0.6 is 0 Å². The molecule has 1 nitrogen and oxygen atoms in total. The maximum atomic E-state index is 5.66. The molecule has 1 aromatic rings. The summed E-state index contributed by atoms with van der Waals surface area (Å²) < 4.78 is 5.66. The van der Waals surface area contributed by atoms with Crippen molar-refractivity contribution in [3.8, 4) is 0 Å². The molecule has 1 heteroatoms. The molecule has 0 amide bonds. The fraction of sp³-hybridized carbons (Fsp3) is 0.333. The first-order chi connectivity index (χ1) is 6.36. The number of hydrogen-bond acceptors (Lipinski definition) is 1. The number of hydrogen-bond donors (Lipinski definition) is 0. The van der Waals surface area contributed by atoms with Crippen LogP contribution in [0, 0.1) is 0 Å². The van der Waals surface area contributed by atoms with Crippen molar-refractivity contribution >= 4 is 0 Å². The maximum absolute atomic E-state index is 5.66. The lowest BCUT2D eigenvalue weighted by Crippen LogP contribution is -2.09. The van der Waals surface area contributed by atoms with Gasteiger partial charge in [-0.2, -0.15) is 0 Å². The van der Waals surface area contributed by atoms with Gasteiger partial charge in [-0.25, -0.2) is 0 Å². The van der Waals surface area contributed by atoms with E-state index in [1.54, 1.807) is 0 Å². The molecule has 1 aliphatic rings. The lowest BCUT2D eigenvalue weighted by Gasteiger charge is -2.22. The molecule has 0 radical (unpaired) electrons. The molecule has 0 N–H and O–H groups in total. The molecule has 1 aliphatic heterocycles. The maximum Gasteiger partial charge on any atom is 0.0866 e. The lowest BCUT2D eigenvalue weighted by atomic mass is 10.0. The molecule has 2 rings (SSSR count). The zero-order chi connectivity index (χ0) is 9.10. The Labute approximate surface area is 79.0 Å². The van der Waals surface area contributed by atoms with Gasteiger partial charge >= 0.3 is 0 Å². The van der Waals surface area contributed by atoms with Gasteiger partial charge in [0, 0.05) is 0 Å². The Balaban J connectivity index is 2.15. The normalized spacial score (nSPS) is 22.5. The van der Waals surface area contributed by atoms with Crippen molar-refractivity contribution in [2.24, 2.45) is 0 Å². The predicted octanol–water partition coefficient (Wildman–Crippen LogP) is 3.09. The van der Waals surface area contributed by atoms with Gasteiger partial charge in [-0.05, 0) is 18.9 Å². The van der Waals surface area contributed by atoms with Gasteiger partial charge in [0.2, 0.25) is 0 Å². The molecule has 0 saturated heterocycles. The highest BCUT2D eigenvalue weighted by Crippen LogP contribution is 2.27. The van der Waals surface area contributed by atoms with Crippen LogP contribution in [0.2, 0.25) is 0 Å². The second-order valence-electron chi connectivity index (χ2n) is 3.49. The smallest absolute Gasteiger partial charge is 0.0866 e. The molecule has 1 heterocycles. The zero-order valence-electron chi connectivity index (χ0n) is 7.86. The monoisotopic (exact) mass is 174 g/mol. The summed E-state index contributed by atoms with van der Waals surface area (Å²) in [6, 6.07) is 10.4. The molecular weight excluding hydrogens is 160 g/mol. The summed E-state index contributed by atoms with van der Waals surface area (Å²) in [4.78, 5) is 0. The minimum absolute atomic E-state index is 0.270. The Morgan fingerprint density at radius 2 is 2.00 bits per heavy atom. The van der Waals surface area contributed by atoms with E-state index in [2.05, 4.69) is 37.3 Å². The molecule has 0 aliphatic carbocycles. The van der Waals surface area contributed by atoms with Crippen LogP contribution in [0.15, 0.2) is 42.0 Å². The predicted molar refractivity (Wildman–Crippen MR) is 53.5 cm³/mol. The van der Waals surface area contributed by atoms with E-state index in [1.165, 1.54) is 11.1 Å². The fourth-order valence-corrected chi connectivity index (χ4v) is 1.62. The van der Waals surface area contributed by atoms with Gasteiger partial charge < -0.3 is 4.74 Å². The van der Waals surface area contributed by atoms with Crippen molar-refractivity contribution in [1.82, 2.24) is 0 Å². The third kappa shape index (κ3) is 1.99. The van der Waals surface area contributed by atoms with Crippen LogP contribution in [-0.4, -0.2) is 6.61 Å². The van der Waals surface area contributed by atoms with Crippen molar-refractivity contribution in [2.45, 2.75) is 19.4 Å². The summed E-state index contributed by atoms with van der Waals surface area (Å²) in [7, 11) is 0. The minimum atomic E-state index is 0.270. The highest BCUT2D eigenvalue weighted by molar-refractivity contribution is 5.20. The molecule has 13 heavy (non-hydrogen) atoms. The zero-order valence-corrected chi connectivity index (χ0v) is 7.86. The standard InChI is InChI=1S/C12H14O/c1-10-7-8-13-12(9-10)11-5-3-2-4-6-11/h2-7,12H,8-9H2,1H3/t12-/m1/s1. The van der Waals surface area contributed by atoms with E-state index in [0.717, 1.165) is 13.0 Å². The Morgan fingerprint density at radius 3 is 2.69 bits per heavy atom. The SMILES string of the molecule is CC1=CCO[C@@H](c2ccccc2)C1. The first-order valence-corrected chi connectivity index (χ1v) is 4.68. The first kappa shape index (κ1) is 8.52. The van der Waals surface area contributed by atoms with Gasteiger partial charge in [0.25, 0.3) is 0 Å². The summed E-state index contributed by atoms with van der Waals surface area (Å²) in [6.07, 6.45) is 3.45. The van der Waals surface area contributed by atoms with Crippen LogP contribution in [0.25, 0.3) is 0 Å². The van der Waals surface area contributed by atoms with Gasteiger partial charge in [0.1, 0.15) is 0 Å². The van der Waals surface area contributed by atoms with E-state index >= 15 is 0 Å². The quantitative estimate of drug-likeness (QED) is 0.594. The number of ether oxygens (including phenoxy) is 1. The number of rotatable bonds is 1.